The molecule has 0 saturated carbocycles. The molecule has 172 valence electrons. The van der Waals surface area contributed by atoms with Crippen molar-refractivity contribution in [2.75, 3.05) is 32.6 Å². The summed E-state index contributed by atoms with van der Waals surface area (Å²) < 4.78 is 42.4. The summed E-state index contributed by atoms with van der Waals surface area (Å²) in [4.78, 5) is 25.9. The molecule has 32 heavy (non-hydrogen) atoms. The number of sulfone groups is 1. The Morgan fingerprint density at radius 3 is 2.53 bits per heavy atom. The van der Waals surface area contributed by atoms with Crippen LogP contribution in [0.3, 0.4) is 0 Å². The predicted octanol–water partition coefficient (Wildman–Crippen LogP) is 2.50. The molecule has 1 aliphatic heterocycles. The molecule has 0 fully saturated rings. The summed E-state index contributed by atoms with van der Waals surface area (Å²) in [5, 5.41) is 0. The Bertz CT molecular complexity index is 1100. The fourth-order valence-electron chi connectivity index (χ4n) is 3.48. The van der Waals surface area contributed by atoms with Gasteiger partial charge in [0.1, 0.15) is 18.1 Å². The van der Waals surface area contributed by atoms with E-state index in [-0.39, 0.29) is 18.9 Å². The van der Waals surface area contributed by atoms with Gasteiger partial charge in [-0.1, -0.05) is 12.1 Å². The van der Waals surface area contributed by atoms with Crippen molar-refractivity contribution in [3.63, 3.8) is 0 Å². The summed E-state index contributed by atoms with van der Waals surface area (Å²) in [6.45, 7) is 3.99. The first-order chi connectivity index (χ1) is 15.2. The van der Waals surface area contributed by atoms with Gasteiger partial charge in [0, 0.05) is 17.7 Å². The monoisotopic (exact) mass is 461 g/mol. The normalized spacial score (nSPS) is 15.2. The lowest BCUT2D eigenvalue weighted by atomic mass is 10.1. The number of nitrogens with zero attached hydrogens (tertiary/aromatic N) is 1. The largest absolute Gasteiger partial charge is 0.496 e. The van der Waals surface area contributed by atoms with Gasteiger partial charge in [-0.05, 0) is 44.2 Å². The Morgan fingerprint density at radius 2 is 1.88 bits per heavy atom. The minimum atomic E-state index is -3.81. The Kier molecular flexibility index (Phi) is 7.40. The molecule has 0 aliphatic carbocycles. The van der Waals surface area contributed by atoms with E-state index in [2.05, 4.69) is 0 Å². The molecule has 8 nitrogen and oxygen atoms in total. The summed E-state index contributed by atoms with van der Waals surface area (Å²) in [5.74, 6) is -0.174. The molecule has 0 aromatic heterocycles. The van der Waals surface area contributed by atoms with E-state index >= 15 is 0 Å². The molecule has 0 unspecified atom stereocenters. The summed E-state index contributed by atoms with van der Waals surface area (Å²) in [7, 11) is -2.38. The average Bonchev–Trinajstić information content (AvgIpc) is 2.76. The zero-order chi connectivity index (χ0) is 23.3. The first-order valence-corrected chi connectivity index (χ1v) is 12.1. The number of carbonyl (C=O) groups excluding carboxylic acids is 2. The molecule has 0 saturated heterocycles. The maximum atomic E-state index is 12.8. The molecule has 0 N–H and O–H groups in total. The number of amides is 1. The molecule has 1 atom stereocenters. The van der Waals surface area contributed by atoms with Gasteiger partial charge < -0.3 is 19.1 Å². The van der Waals surface area contributed by atoms with Gasteiger partial charge in [0.05, 0.1) is 19.4 Å². The van der Waals surface area contributed by atoms with Gasteiger partial charge in [0.15, 0.2) is 33.2 Å². The second-order valence-corrected chi connectivity index (χ2v) is 9.61. The second-order valence-electron chi connectivity index (χ2n) is 7.55. The van der Waals surface area contributed by atoms with Crippen molar-refractivity contribution < 1.29 is 32.2 Å². The van der Waals surface area contributed by atoms with Crippen molar-refractivity contribution in [1.82, 2.24) is 4.90 Å². The van der Waals surface area contributed by atoms with E-state index in [1.807, 2.05) is 12.1 Å². The van der Waals surface area contributed by atoms with Gasteiger partial charge in [-0.2, -0.15) is 0 Å². The number of likely N-dealkylation sites (N-methyl/N-ethyl adjacent to an activating group) is 1. The number of Topliss-reactive ketones (excluding diaryl/α,β-unsaturated/α-hetero) is 1. The molecule has 9 heteroatoms. The minimum absolute atomic E-state index is 0.184. The van der Waals surface area contributed by atoms with Crippen LogP contribution in [0, 0.1) is 0 Å². The zero-order valence-electron chi connectivity index (χ0n) is 18.4. The SMILES string of the molecule is CCN(C[C@H]1COc2ccccc2O1)C(=O)CS(=O)(=O)Cc1cc(C(C)=O)ccc1OC. The summed E-state index contributed by atoms with van der Waals surface area (Å²) >= 11 is 0. The number of methoxy groups -OCH3 is 1. The van der Waals surface area contributed by atoms with Crippen molar-refractivity contribution in [2.45, 2.75) is 25.7 Å². The summed E-state index contributed by atoms with van der Waals surface area (Å²) in [6, 6.07) is 11.9. The summed E-state index contributed by atoms with van der Waals surface area (Å²) in [6.07, 6.45) is -0.399. The third kappa shape index (κ3) is 5.79. The van der Waals surface area contributed by atoms with Crippen LogP contribution >= 0.6 is 0 Å². The molecular formula is C23H27NO7S. The van der Waals surface area contributed by atoms with E-state index in [9.17, 15) is 18.0 Å². The van der Waals surface area contributed by atoms with E-state index in [1.54, 1.807) is 31.2 Å². The Morgan fingerprint density at radius 1 is 1.16 bits per heavy atom. The quantitative estimate of drug-likeness (QED) is 0.529. The smallest absolute Gasteiger partial charge is 0.237 e. The highest BCUT2D eigenvalue weighted by Crippen LogP contribution is 2.31. The Balaban J connectivity index is 1.67. The minimum Gasteiger partial charge on any atom is -0.496 e. The molecule has 1 aliphatic rings. The van der Waals surface area contributed by atoms with Gasteiger partial charge in [0.2, 0.25) is 5.91 Å². The molecule has 0 bridgehead atoms. The molecule has 0 spiro atoms. The van der Waals surface area contributed by atoms with E-state index in [0.29, 0.717) is 34.9 Å². The lowest BCUT2D eigenvalue weighted by molar-refractivity contribution is -0.129. The number of para-hydroxylation sites is 2. The maximum absolute atomic E-state index is 12.8. The maximum Gasteiger partial charge on any atom is 0.237 e. The number of ether oxygens (including phenoxy) is 3. The van der Waals surface area contributed by atoms with Gasteiger partial charge in [-0.25, -0.2) is 8.42 Å². The van der Waals surface area contributed by atoms with Gasteiger partial charge in [-0.3, -0.25) is 9.59 Å². The van der Waals surface area contributed by atoms with Crippen LogP contribution in [0.1, 0.15) is 29.8 Å². The third-order valence-corrected chi connectivity index (χ3v) is 6.57. The van der Waals surface area contributed by atoms with E-state index < -0.39 is 33.4 Å². The van der Waals surface area contributed by atoms with Crippen molar-refractivity contribution in [3.8, 4) is 17.2 Å². The van der Waals surface area contributed by atoms with E-state index in [4.69, 9.17) is 14.2 Å². The van der Waals surface area contributed by atoms with Crippen LogP contribution < -0.4 is 14.2 Å². The second kappa shape index (κ2) is 10.0. The van der Waals surface area contributed by atoms with Gasteiger partial charge in [-0.15, -0.1) is 0 Å². The van der Waals surface area contributed by atoms with Crippen LogP contribution in [0.2, 0.25) is 0 Å². The molecular weight excluding hydrogens is 434 g/mol. The summed E-state index contributed by atoms with van der Waals surface area (Å²) in [5.41, 5.74) is 0.726. The number of carbonyl (C=O) groups is 2. The first-order valence-electron chi connectivity index (χ1n) is 10.3. The van der Waals surface area contributed by atoms with Crippen LogP contribution in [0.5, 0.6) is 17.2 Å². The molecule has 2 aromatic rings. The topological polar surface area (TPSA) is 99.2 Å². The first kappa shape index (κ1) is 23.6. The average molecular weight is 462 g/mol. The predicted molar refractivity (Wildman–Crippen MR) is 119 cm³/mol. The fourth-order valence-corrected chi connectivity index (χ4v) is 4.84. The zero-order valence-corrected chi connectivity index (χ0v) is 19.2. The number of ketones is 1. The van der Waals surface area contributed by atoms with Crippen LogP contribution in [-0.4, -0.2) is 63.7 Å². The highest BCUT2D eigenvalue weighted by atomic mass is 32.2. The van der Waals surface area contributed by atoms with Gasteiger partial charge >= 0.3 is 0 Å². The molecule has 1 amide bonds. The highest BCUT2D eigenvalue weighted by molar-refractivity contribution is 7.91. The van der Waals surface area contributed by atoms with Crippen molar-refractivity contribution in [2.24, 2.45) is 0 Å². The fraction of sp³-hybridized carbons (Fsp3) is 0.391. The number of rotatable bonds is 9. The highest BCUT2D eigenvalue weighted by Gasteiger charge is 2.28. The number of benzene rings is 2. The number of fused-ring (bicyclic) bond motifs is 1. The van der Waals surface area contributed by atoms with Crippen LogP contribution in [0.15, 0.2) is 42.5 Å². The molecule has 2 aromatic carbocycles. The number of hydrogen-bond acceptors (Lipinski definition) is 7. The Labute approximate surface area is 188 Å². The van der Waals surface area contributed by atoms with Crippen molar-refractivity contribution >= 4 is 21.5 Å². The van der Waals surface area contributed by atoms with Crippen LogP contribution in [0.25, 0.3) is 0 Å². The van der Waals surface area contributed by atoms with Gasteiger partial charge in [0.25, 0.3) is 0 Å². The van der Waals surface area contributed by atoms with E-state index in [0.717, 1.165) is 0 Å². The lowest BCUT2D eigenvalue weighted by Crippen LogP contribution is -2.45. The lowest BCUT2D eigenvalue weighted by Gasteiger charge is -2.30. The van der Waals surface area contributed by atoms with Crippen LogP contribution in [-0.2, 0) is 20.4 Å². The van der Waals surface area contributed by atoms with E-state index in [1.165, 1.54) is 25.0 Å². The Hall–Kier alpha value is -3.07. The molecule has 0 radical (unpaired) electrons. The van der Waals surface area contributed by atoms with Crippen molar-refractivity contribution in [3.05, 3.63) is 53.6 Å². The number of hydrogen-bond donors (Lipinski definition) is 0. The van der Waals surface area contributed by atoms with Crippen LogP contribution in [0.4, 0.5) is 0 Å². The van der Waals surface area contributed by atoms with Crippen molar-refractivity contribution in [1.29, 1.82) is 0 Å². The third-order valence-electron chi connectivity index (χ3n) is 5.13. The standard InChI is InChI=1S/C23H27NO7S/c1-4-24(12-19-13-30-21-7-5-6-8-22(21)31-19)23(26)15-32(27,28)14-18-11-17(16(2)25)9-10-20(18)29-3/h5-11,19H,4,12-15H2,1-3H3/t19-/m0/s1. The molecule has 3 rings (SSSR count). The molecule has 1 heterocycles.